The largest absolute Gasteiger partial charge is 0.326 e. The number of hydrogen-bond acceptors (Lipinski definition) is 3. The van der Waals surface area contributed by atoms with Crippen LogP contribution in [0.15, 0.2) is 0 Å². The van der Waals surface area contributed by atoms with Gasteiger partial charge in [-0.2, -0.15) is 11.8 Å². The van der Waals surface area contributed by atoms with E-state index in [0.29, 0.717) is 11.9 Å². The van der Waals surface area contributed by atoms with E-state index in [2.05, 4.69) is 25.4 Å². The molecule has 1 fully saturated rings. The average Bonchev–Trinajstić information content (AvgIpc) is 2.65. The molecule has 2 unspecified atom stereocenters. The topological polar surface area (TPSA) is 32.3 Å². The van der Waals surface area contributed by atoms with Crippen molar-refractivity contribution < 1.29 is 4.79 Å². The first kappa shape index (κ1) is 13.8. The van der Waals surface area contributed by atoms with E-state index >= 15 is 0 Å². The number of thioether (sulfide) groups is 1. The van der Waals surface area contributed by atoms with Gasteiger partial charge in [-0.1, -0.05) is 19.8 Å². The SMILES string of the molecule is CCCCC1NCN(C(C)CCSC)C1=O. The van der Waals surface area contributed by atoms with E-state index in [-0.39, 0.29) is 6.04 Å². The first-order chi connectivity index (χ1) is 7.70. The fourth-order valence-electron chi connectivity index (χ4n) is 2.03. The van der Waals surface area contributed by atoms with Gasteiger partial charge >= 0.3 is 0 Å². The van der Waals surface area contributed by atoms with E-state index < -0.39 is 0 Å². The molecule has 0 aromatic heterocycles. The number of carbonyl (C=O) groups excluding carboxylic acids is 1. The van der Waals surface area contributed by atoms with Crippen LogP contribution in [-0.4, -0.2) is 41.6 Å². The summed E-state index contributed by atoms with van der Waals surface area (Å²) in [5, 5.41) is 3.32. The van der Waals surface area contributed by atoms with Crippen LogP contribution in [0.4, 0.5) is 0 Å². The highest BCUT2D eigenvalue weighted by Crippen LogP contribution is 2.15. The molecule has 0 aliphatic carbocycles. The van der Waals surface area contributed by atoms with Crippen LogP contribution < -0.4 is 5.32 Å². The molecule has 0 spiro atoms. The Balaban J connectivity index is 2.37. The fraction of sp³-hybridized carbons (Fsp3) is 0.917. The molecule has 1 aliphatic heterocycles. The maximum Gasteiger partial charge on any atom is 0.241 e. The average molecular weight is 244 g/mol. The summed E-state index contributed by atoms with van der Waals surface area (Å²) in [4.78, 5) is 14.1. The smallest absolute Gasteiger partial charge is 0.241 e. The molecule has 0 aromatic rings. The molecule has 0 aromatic carbocycles. The summed E-state index contributed by atoms with van der Waals surface area (Å²) in [5.74, 6) is 1.44. The molecule has 1 N–H and O–H groups in total. The van der Waals surface area contributed by atoms with Crippen LogP contribution in [0.3, 0.4) is 0 Å². The van der Waals surface area contributed by atoms with Crippen LogP contribution in [0, 0.1) is 0 Å². The minimum Gasteiger partial charge on any atom is -0.326 e. The van der Waals surface area contributed by atoms with Crippen LogP contribution in [0.5, 0.6) is 0 Å². The quantitative estimate of drug-likeness (QED) is 0.744. The van der Waals surface area contributed by atoms with Gasteiger partial charge in [-0.25, -0.2) is 0 Å². The molecule has 94 valence electrons. The summed E-state index contributed by atoms with van der Waals surface area (Å²) in [5.41, 5.74) is 0. The van der Waals surface area contributed by atoms with Crippen molar-refractivity contribution in [3.05, 3.63) is 0 Å². The summed E-state index contributed by atoms with van der Waals surface area (Å²) in [6, 6.07) is 0.454. The van der Waals surface area contributed by atoms with Crippen LogP contribution >= 0.6 is 11.8 Å². The van der Waals surface area contributed by atoms with Gasteiger partial charge in [0, 0.05) is 6.04 Å². The van der Waals surface area contributed by atoms with Crippen molar-refractivity contribution in [1.29, 1.82) is 0 Å². The molecule has 2 atom stereocenters. The maximum absolute atomic E-state index is 12.1. The highest BCUT2D eigenvalue weighted by molar-refractivity contribution is 7.98. The standard InChI is InChI=1S/C12H24N2OS/c1-4-5-6-11-12(15)14(9-13-11)10(2)7-8-16-3/h10-11,13H,4-9H2,1-3H3. The van der Waals surface area contributed by atoms with E-state index in [1.165, 1.54) is 0 Å². The van der Waals surface area contributed by atoms with E-state index in [0.717, 1.165) is 38.1 Å². The van der Waals surface area contributed by atoms with Crippen molar-refractivity contribution in [2.75, 3.05) is 18.7 Å². The van der Waals surface area contributed by atoms with Gasteiger partial charge in [-0.05, 0) is 31.8 Å². The number of nitrogens with one attached hydrogen (secondary N) is 1. The Hall–Kier alpha value is -0.220. The van der Waals surface area contributed by atoms with Crippen molar-refractivity contribution in [3.63, 3.8) is 0 Å². The number of nitrogens with zero attached hydrogens (tertiary/aromatic N) is 1. The predicted molar refractivity (Wildman–Crippen MR) is 70.6 cm³/mol. The molecule has 0 radical (unpaired) electrons. The van der Waals surface area contributed by atoms with Crippen molar-refractivity contribution in [2.45, 2.75) is 51.6 Å². The number of amides is 1. The third-order valence-electron chi connectivity index (χ3n) is 3.21. The molecule has 0 saturated carbocycles. The Labute approximate surface area is 103 Å². The molecule has 0 bridgehead atoms. The van der Waals surface area contributed by atoms with E-state index in [1.54, 1.807) is 0 Å². The Bertz CT molecular complexity index is 223. The van der Waals surface area contributed by atoms with Crippen molar-refractivity contribution >= 4 is 17.7 Å². The monoisotopic (exact) mass is 244 g/mol. The summed E-state index contributed by atoms with van der Waals surface area (Å²) >= 11 is 1.85. The molecular weight excluding hydrogens is 220 g/mol. The Morgan fingerprint density at radius 2 is 2.38 bits per heavy atom. The van der Waals surface area contributed by atoms with Crippen LogP contribution in [0.2, 0.25) is 0 Å². The third-order valence-corrected chi connectivity index (χ3v) is 3.85. The Kier molecular flexibility index (Phi) is 6.21. The summed E-state index contributed by atoms with van der Waals surface area (Å²) in [6.45, 7) is 5.05. The first-order valence-corrected chi connectivity index (χ1v) is 7.62. The van der Waals surface area contributed by atoms with Gasteiger partial charge in [0.25, 0.3) is 0 Å². The van der Waals surface area contributed by atoms with Gasteiger partial charge in [0.2, 0.25) is 5.91 Å². The summed E-state index contributed by atoms with van der Waals surface area (Å²) < 4.78 is 0. The second kappa shape index (κ2) is 7.17. The van der Waals surface area contributed by atoms with Crippen LogP contribution in [-0.2, 0) is 4.79 Å². The second-order valence-corrected chi connectivity index (χ2v) is 5.48. The van der Waals surface area contributed by atoms with Crippen LogP contribution in [0.1, 0.15) is 39.5 Å². The molecule has 1 aliphatic rings. The van der Waals surface area contributed by atoms with Crippen LogP contribution in [0.25, 0.3) is 0 Å². The molecule has 1 saturated heterocycles. The normalized spacial score (nSPS) is 22.8. The van der Waals surface area contributed by atoms with E-state index in [1.807, 2.05) is 16.7 Å². The van der Waals surface area contributed by atoms with Crippen molar-refractivity contribution in [2.24, 2.45) is 0 Å². The number of rotatable bonds is 7. The maximum atomic E-state index is 12.1. The number of carbonyl (C=O) groups is 1. The van der Waals surface area contributed by atoms with Crippen molar-refractivity contribution in [1.82, 2.24) is 10.2 Å². The molecule has 4 heteroatoms. The molecular formula is C12H24N2OS. The number of unbranched alkanes of at least 4 members (excludes halogenated alkanes) is 1. The third kappa shape index (κ3) is 3.67. The molecule has 3 nitrogen and oxygen atoms in total. The van der Waals surface area contributed by atoms with E-state index in [4.69, 9.17) is 0 Å². The highest BCUT2D eigenvalue weighted by Gasteiger charge is 2.32. The van der Waals surface area contributed by atoms with Gasteiger partial charge in [0.05, 0.1) is 12.7 Å². The first-order valence-electron chi connectivity index (χ1n) is 6.23. The zero-order chi connectivity index (χ0) is 12.0. The molecule has 1 rings (SSSR count). The van der Waals surface area contributed by atoms with Gasteiger partial charge < -0.3 is 4.90 Å². The summed E-state index contributed by atoms with van der Waals surface area (Å²) in [7, 11) is 0. The molecule has 1 heterocycles. The van der Waals surface area contributed by atoms with Gasteiger partial charge in [-0.15, -0.1) is 0 Å². The van der Waals surface area contributed by atoms with E-state index in [9.17, 15) is 4.79 Å². The molecule has 16 heavy (non-hydrogen) atoms. The second-order valence-electron chi connectivity index (χ2n) is 4.50. The van der Waals surface area contributed by atoms with Gasteiger partial charge in [-0.3, -0.25) is 10.1 Å². The van der Waals surface area contributed by atoms with Crippen molar-refractivity contribution in [3.8, 4) is 0 Å². The fourth-order valence-corrected chi connectivity index (χ4v) is 2.60. The Morgan fingerprint density at radius 3 is 3.00 bits per heavy atom. The minimum absolute atomic E-state index is 0.0803. The lowest BCUT2D eigenvalue weighted by Gasteiger charge is -2.23. The summed E-state index contributed by atoms with van der Waals surface area (Å²) in [6.07, 6.45) is 6.49. The molecule has 1 amide bonds. The lowest BCUT2D eigenvalue weighted by molar-refractivity contribution is -0.130. The van der Waals surface area contributed by atoms with Gasteiger partial charge in [0.15, 0.2) is 0 Å². The zero-order valence-electron chi connectivity index (χ0n) is 10.7. The predicted octanol–water partition coefficient (Wildman–Crippen LogP) is 2.08. The Morgan fingerprint density at radius 1 is 1.62 bits per heavy atom. The number of hydrogen-bond donors (Lipinski definition) is 1. The zero-order valence-corrected chi connectivity index (χ0v) is 11.5. The van der Waals surface area contributed by atoms with Gasteiger partial charge in [0.1, 0.15) is 0 Å². The highest BCUT2D eigenvalue weighted by atomic mass is 32.2. The lowest BCUT2D eigenvalue weighted by atomic mass is 10.1. The minimum atomic E-state index is 0.0803. The lowest BCUT2D eigenvalue weighted by Crippen LogP contribution is -2.37.